The van der Waals surface area contributed by atoms with Crippen molar-refractivity contribution >= 4 is 28.8 Å². The quantitative estimate of drug-likeness (QED) is 0.851. The monoisotopic (exact) mass is 349 g/mol. The molecule has 3 rings (SSSR count). The fourth-order valence-electron chi connectivity index (χ4n) is 2.73. The van der Waals surface area contributed by atoms with E-state index in [1.165, 1.54) is 5.56 Å². The van der Waals surface area contributed by atoms with Crippen LogP contribution in [0.4, 0.5) is 0 Å². The van der Waals surface area contributed by atoms with Crippen molar-refractivity contribution < 1.29 is 4.79 Å². The fraction of sp³-hybridized carbons (Fsp3) is 0.412. The zero-order chi connectivity index (χ0) is 16.2. The standard InChI is InChI=1S/C17H20ClN3OS/c1-13(22)21-8-6-20(7-9-21)11-16-12-23-17(19-16)10-14-2-4-15(18)5-3-14/h2-5,12H,6-11H2,1H3. The maximum atomic E-state index is 11.4. The van der Waals surface area contributed by atoms with Crippen molar-refractivity contribution in [1.82, 2.24) is 14.8 Å². The van der Waals surface area contributed by atoms with Gasteiger partial charge < -0.3 is 4.90 Å². The van der Waals surface area contributed by atoms with Crippen LogP contribution in [0.1, 0.15) is 23.2 Å². The van der Waals surface area contributed by atoms with Gasteiger partial charge in [0.25, 0.3) is 0 Å². The summed E-state index contributed by atoms with van der Waals surface area (Å²) < 4.78 is 0. The van der Waals surface area contributed by atoms with Gasteiger partial charge in [0.1, 0.15) is 0 Å². The molecule has 122 valence electrons. The first kappa shape index (κ1) is 16.4. The Morgan fingerprint density at radius 3 is 2.57 bits per heavy atom. The first-order valence-corrected chi connectivity index (χ1v) is 9.01. The lowest BCUT2D eigenvalue weighted by Crippen LogP contribution is -2.47. The Morgan fingerprint density at radius 1 is 1.22 bits per heavy atom. The van der Waals surface area contributed by atoms with E-state index in [4.69, 9.17) is 16.6 Å². The van der Waals surface area contributed by atoms with Crippen LogP contribution in [0.5, 0.6) is 0 Å². The molecule has 1 fully saturated rings. The molecule has 4 nitrogen and oxygen atoms in total. The minimum absolute atomic E-state index is 0.170. The first-order chi connectivity index (χ1) is 11.1. The molecule has 0 atom stereocenters. The van der Waals surface area contributed by atoms with Gasteiger partial charge in [0.05, 0.1) is 10.7 Å². The Hall–Kier alpha value is -1.43. The van der Waals surface area contributed by atoms with E-state index in [1.54, 1.807) is 18.3 Å². The zero-order valence-corrected chi connectivity index (χ0v) is 14.7. The molecule has 0 aliphatic carbocycles. The molecular weight excluding hydrogens is 330 g/mol. The Bertz CT molecular complexity index is 663. The lowest BCUT2D eigenvalue weighted by molar-refractivity contribution is -0.130. The summed E-state index contributed by atoms with van der Waals surface area (Å²) in [6, 6.07) is 7.93. The van der Waals surface area contributed by atoms with Crippen molar-refractivity contribution in [1.29, 1.82) is 0 Å². The van der Waals surface area contributed by atoms with E-state index >= 15 is 0 Å². The van der Waals surface area contributed by atoms with Crippen LogP contribution in [0, 0.1) is 0 Å². The van der Waals surface area contributed by atoms with E-state index in [9.17, 15) is 4.79 Å². The highest BCUT2D eigenvalue weighted by Gasteiger charge is 2.19. The number of carbonyl (C=O) groups excluding carboxylic acids is 1. The third kappa shape index (κ3) is 4.53. The highest BCUT2D eigenvalue weighted by atomic mass is 35.5. The summed E-state index contributed by atoms with van der Waals surface area (Å²) in [6.07, 6.45) is 0.847. The largest absolute Gasteiger partial charge is 0.340 e. The number of benzene rings is 1. The molecule has 0 spiro atoms. The molecule has 0 radical (unpaired) electrons. The van der Waals surface area contributed by atoms with Crippen LogP contribution in [0.3, 0.4) is 0 Å². The second kappa shape index (κ2) is 7.43. The summed E-state index contributed by atoms with van der Waals surface area (Å²) in [5, 5.41) is 4.03. The zero-order valence-electron chi connectivity index (χ0n) is 13.2. The van der Waals surface area contributed by atoms with Crippen LogP contribution >= 0.6 is 22.9 Å². The van der Waals surface area contributed by atoms with Gasteiger partial charge in [-0.15, -0.1) is 11.3 Å². The Labute approximate surface area is 145 Å². The third-order valence-corrected chi connectivity index (χ3v) is 5.22. The maximum absolute atomic E-state index is 11.4. The molecule has 0 bridgehead atoms. The molecule has 0 saturated carbocycles. The van der Waals surface area contributed by atoms with Crippen LogP contribution in [-0.4, -0.2) is 46.9 Å². The summed E-state index contributed by atoms with van der Waals surface area (Å²) in [6.45, 7) is 5.98. The molecule has 1 aromatic heterocycles. The van der Waals surface area contributed by atoms with Gasteiger partial charge >= 0.3 is 0 Å². The summed E-state index contributed by atoms with van der Waals surface area (Å²) in [5.41, 5.74) is 2.35. The normalized spacial score (nSPS) is 15.8. The van der Waals surface area contributed by atoms with Crippen molar-refractivity contribution in [3.8, 4) is 0 Å². The second-order valence-electron chi connectivity index (χ2n) is 5.82. The van der Waals surface area contributed by atoms with E-state index in [1.807, 2.05) is 29.2 Å². The predicted octanol–water partition coefficient (Wildman–Crippen LogP) is 3.05. The number of nitrogens with zero attached hydrogens (tertiary/aromatic N) is 3. The lowest BCUT2D eigenvalue weighted by Gasteiger charge is -2.33. The number of rotatable bonds is 4. The van der Waals surface area contributed by atoms with Crippen LogP contribution < -0.4 is 0 Å². The SMILES string of the molecule is CC(=O)N1CCN(Cc2csc(Cc3ccc(Cl)cc3)n2)CC1. The van der Waals surface area contributed by atoms with Gasteiger partial charge in [0.15, 0.2) is 0 Å². The predicted molar refractivity (Wildman–Crippen MR) is 93.9 cm³/mol. The number of thiazole rings is 1. The number of halogens is 1. The number of hydrogen-bond acceptors (Lipinski definition) is 4. The average molecular weight is 350 g/mol. The van der Waals surface area contributed by atoms with Gasteiger partial charge in [-0.3, -0.25) is 9.69 Å². The van der Waals surface area contributed by atoms with Crippen LogP contribution in [-0.2, 0) is 17.8 Å². The van der Waals surface area contributed by atoms with Crippen LogP contribution in [0.25, 0.3) is 0 Å². The number of hydrogen-bond donors (Lipinski definition) is 0. The van der Waals surface area contributed by atoms with Crippen LogP contribution in [0.15, 0.2) is 29.6 Å². The van der Waals surface area contributed by atoms with Gasteiger partial charge in [0, 0.05) is 56.5 Å². The molecule has 23 heavy (non-hydrogen) atoms. The molecule has 1 aromatic carbocycles. The lowest BCUT2D eigenvalue weighted by atomic mass is 10.2. The number of carbonyl (C=O) groups is 1. The van der Waals surface area contributed by atoms with E-state index < -0.39 is 0 Å². The first-order valence-electron chi connectivity index (χ1n) is 7.76. The molecule has 1 saturated heterocycles. The molecule has 1 aliphatic rings. The molecule has 2 heterocycles. The molecule has 6 heteroatoms. The van der Waals surface area contributed by atoms with Crippen molar-refractivity contribution in [2.45, 2.75) is 19.9 Å². The summed E-state index contributed by atoms with van der Waals surface area (Å²) in [4.78, 5) is 20.4. The molecule has 0 N–H and O–H groups in total. The van der Waals surface area contributed by atoms with Crippen molar-refractivity contribution in [3.05, 3.63) is 50.9 Å². The van der Waals surface area contributed by atoms with Crippen molar-refractivity contribution in [2.75, 3.05) is 26.2 Å². The Kier molecular flexibility index (Phi) is 5.30. The van der Waals surface area contributed by atoms with E-state index in [-0.39, 0.29) is 5.91 Å². The van der Waals surface area contributed by atoms with E-state index in [0.717, 1.165) is 54.9 Å². The third-order valence-electron chi connectivity index (χ3n) is 4.07. The minimum atomic E-state index is 0.170. The molecule has 1 aliphatic heterocycles. The van der Waals surface area contributed by atoms with E-state index in [2.05, 4.69) is 10.3 Å². The number of piperazine rings is 1. The van der Waals surface area contributed by atoms with Crippen LogP contribution in [0.2, 0.25) is 5.02 Å². The van der Waals surface area contributed by atoms with Crippen molar-refractivity contribution in [2.24, 2.45) is 0 Å². The summed E-state index contributed by atoms with van der Waals surface area (Å²) in [5.74, 6) is 0.170. The maximum Gasteiger partial charge on any atom is 0.219 e. The average Bonchev–Trinajstić information content (AvgIpc) is 2.97. The van der Waals surface area contributed by atoms with Crippen molar-refractivity contribution in [3.63, 3.8) is 0 Å². The summed E-state index contributed by atoms with van der Waals surface area (Å²) >= 11 is 7.62. The number of amides is 1. The van der Waals surface area contributed by atoms with Gasteiger partial charge in [-0.2, -0.15) is 0 Å². The summed E-state index contributed by atoms with van der Waals surface area (Å²) in [7, 11) is 0. The molecule has 0 unspecified atom stereocenters. The number of aromatic nitrogens is 1. The fourth-order valence-corrected chi connectivity index (χ4v) is 3.67. The Balaban J connectivity index is 1.53. The van der Waals surface area contributed by atoms with Gasteiger partial charge in [-0.05, 0) is 17.7 Å². The topological polar surface area (TPSA) is 36.4 Å². The smallest absolute Gasteiger partial charge is 0.219 e. The van der Waals surface area contributed by atoms with Gasteiger partial charge in [0.2, 0.25) is 5.91 Å². The second-order valence-corrected chi connectivity index (χ2v) is 7.20. The van der Waals surface area contributed by atoms with Gasteiger partial charge in [-0.1, -0.05) is 23.7 Å². The molecule has 1 amide bonds. The minimum Gasteiger partial charge on any atom is -0.340 e. The highest BCUT2D eigenvalue weighted by Crippen LogP contribution is 2.18. The molecule has 2 aromatic rings. The van der Waals surface area contributed by atoms with E-state index in [0.29, 0.717) is 0 Å². The Morgan fingerprint density at radius 2 is 1.91 bits per heavy atom. The molecular formula is C17H20ClN3OS. The highest BCUT2D eigenvalue weighted by molar-refractivity contribution is 7.09. The van der Waals surface area contributed by atoms with Gasteiger partial charge in [-0.25, -0.2) is 4.98 Å².